The van der Waals surface area contributed by atoms with Crippen molar-refractivity contribution in [2.75, 3.05) is 11.9 Å². The van der Waals surface area contributed by atoms with E-state index in [0.717, 1.165) is 22.3 Å². The van der Waals surface area contributed by atoms with E-state index in [4.69, 9.17) is 9.84 Å². The SMILES string of the molecule is O=C(O)CCC(NC(=O)OCC1c2ccccc2-c2ccccc21)C(=O)Nc1cccc(O)c1. The smallest absolute Gasteiger partial charge is 0.407 e. The third-order valence-corrected chi connectivity index (χ3v) is 5.71. The number of aliphatic carboxylic acids is 1. The van der Waals surface area contributed by atoms with Gasteiger partial charge in [-0.15, -0.1) is 0 Å². The van der Waals surface area contributed by atoms with Gasteiger partial charge in [-0.1, -0.05) is 54.6 Å². The second-order valence-corrected chi connectivity index (χ2v) is 7.99. The number of phenols is 1. The summed E-state index contributed by atoms with van der Waals surface area (Å²) in [6, 6.07) is 20.6. The summed E-state index contributed by atoms with van der Waals surface area (Å²) in [5.41, 5.74) is 4.62. The second kappa shape index (κ2) is 10.1. The van der Waals surface area contributed by atoms with Crippen molar-refractivity contribution in [3.63, 3.8) is 0 Å². The molecule has 0 heterocycles. The Labute approximate surface area is 196 Å². The van der Waals surface area contributed by atoms with Crippen molar-refractivity contribution >= 4 is 23.7 Å². The Hall–Kier alpha value is -4.33. The van der Waals surface area contributed by atoms with Gasteiger partial charge in [-0.3, -0.25) is 9.59 Å². The molecule has 3 aromatic carbocycles. The van der Waals surface area contributed by atoms with Crippen molar-refractivity contribution in [1.29, 1.82) is 0 Å². The van der Waals surface area contributed by atoms with Crippen LogP contribution in [0.25, 0.3) is 11.1 Å². The molecular weight excluding hydrogens is 436 g/mol. The van der Waals surface area contributed by atoms with E-state index in [-0.39, 0.29) is 31.1 Å². The number of rotatable bonds is 8. The largest absolute Gasteiger partial charge is 0.508 e. The highest BCUT2D eigenvalue weighted by atomic mass is 16.5. The summed E-state index contributed by atoms with van der Waals surface area (Å²) < 4.78 is 5.48. The summed E-state index contributed by atoms with van der Waals surface area (Å²) in [5, 5.41) is 23.7. The molecule has 0 fully saturated rings. The number of phenolic OH excluding ortho intramolecular Hbond substituents is 1. The van der Waals surface area contributed by atoms with Crippen LogP contribution in [-0.4, -0.2) is 40.8 Å². The normalized spacial score (nSPS) is 12.8. The van der Waals surface area contributed by atoms with Crippen molar-refractivity contribution in [2.45, 2.75) is 24.8 Å². The molecule has 174 valence electrons. The first-order valence-electron chi connectivity index (χ1n) is 10.9. The number of carbonyl (C=O) groups excluding carboxylic acids is 2. The fourth-order valence-corrected chi connectivity index (χ4v) is 4.13. The highest BCUT2D eigenvalue weighted by Gasteiger charge is 2.30. The van der Waals surface area contributed by atoms with Crippen LogP contribution in [0, 0.1) is 0 Å². The van der Waals surface area contributed by atoms with Crippen molar-refractivity contribution in [1.82, 2.24) is 5.32 Å². The lowest BCUT2D eigenvalue weighted by Crippen LogP contribution is -2.44. The first-order chi connectivity index (χ1) is 16.4. The summed E-state index contributed by atoms with van der Waals surface area (Å²) in [4.78, 5) is 36.3. The monoisotopic (exact) mass is 460 g/mol. The number of carboxylic acid groups (broad SMARTS) is 1. The molecule has 2 amide bonds. The number of fused-ring (bicyclic) bond motifs is 3. The number of amides is 2. The summed E-state index contributed by atoms with van der Waals surface area (Å²) in [7, 11) is 0. The van der Waals surface area contributed by atoms with Gasteiger partial charge in [0.2, 0.25) is 5.91 Å². The first kappa shape index (κ1) is 22.8. The van der Waals surface area contributed by atoms with E-state index in [0.29, 0.717) is 5.69 Å². The van der Waals surface area contributed by atoms with Gasteiger partial charge in [0.05, 0.1) is 0 Å². The minimum absolute atomic E-state index is 0.0376. The quantitative estimate of drug-likeness (QED) is 0.401. The molecule has 1 aliphatic carbocycles. The van der Waals surface area contributed by atoms with Crippen LogP contribution in [0.15, 0.2) is 72.8 Å². The maximum absolute atomic E-state index is 12.7. The molecule has 1 aliphatic rings. The molecule has 0 aliphatic heterocycles. The number of ether oxygens (including phenoxy) is 1. The molecule has 8 nitrogen and oxygen atoms in total. The number of anilines is 1. The van der Waals surface area contributed by atoms with Gasteiger partial charge in [0.25, 0.3) is 0 Å². The molecular formula is C26H24N2O6. The molecule has 34 heavy (non-hydrogen) atoms. The summed E-state index contributed by atoms with van der Waals surface area (Å²) in [6.07, 6.45) is -1.25. The molecule has 0 radical (unpaired) electrons. The van der Waals surface area contributed by atoms with Crippen molar-refractivity contribution in [3.05, 3.63) is 83.9 Å². The summed E-state index contributed by atoms with van der Waals surface area (Å²) in [6.45, 7) is 0.0691. The van der Waals surface area contributed by atoms with Gasteiger partial charge in [0.1, 0.15) is 18.4 Å². The van der Waals surface area contributed by atoms with Crippen LogP contribution in [0.2, 0.25) is 0 Å². The Balaban J connectivity index is 1.43. The number of carboxylic acids is 1. The molecule has 0 saturated carbocycles. The maximum Gasteiger partial charge on any atom is 0.407 e. The third-order valence-electron chi connectivity index (χ3n) is 5.71. The lowest BCUT2D eigenvalue weighted by molar-refractivity contribution is -0.137. The number of nitrogens with one attached hydrogen (secondary N) is 2. The number of hydrogen-bond acceptors (Lipinski definition) is 5. The van der Waals surface area contributed by atoms with Gasteiger partial charge in [-0.05, 0) is 40.8 Å². The molecule has 0 spiro atoms. The van der Waals surface area contributed by atoms with Gasteiger partial charge in [-0.25, -0.2) is 4.79 Å². The first-order valence-corrected chi connectivity index (χ1v) is 10.9. The van der Waals surface area contributed by atoms with Gasteiger partial charge in [0, 0.05) is 24.1 Å². The Morgan fingerprint density at radius 1 is 0.912 bits per heavy atom. The van der Waals surface area contributed by atoms with E-state index in [1.54, 1.807) is 12.1 Å². The number of alkyl carbamates (subject to hydrolysis) is 1. The molecule has 4 N–H and O–H groups in total. The Morgan fingerprint density at radius 2 is 1.56 bits per heavy atom. The lowest BCUT2D eigenvalue weighted by atomic mass is 9.98. The molecule has 1 atom stereocenters. The average molecular weight is 460 g/mol. The minimum atomic E-state index is -1.13. The van der Waals surface area contributed by atoms with Crippen molar-refractivity contribution in [3.8, 4) is 16.9 Å². The van der Waals surface area contributed by atoms with Crippen LogP contribution < -0.4 is 10.6 Å². The molecule has 0 bridgehead atoms. The predicted molar refractivity (Wildman–Crippen MR) is 126 cm³/mol. The van der Waals surface area contributed by atoms with Crippen LogP contribution in [0.5, 0.6) is 5.75 Å². The van der Waals surface area contributed by atoms with Crippen LogP contribution in [0.3, 0.4) is 0 Å². The van der Waals surface area contributed by atoms with Crippen molar-refractivity contribution < 1.29 is 29.3 Å². The predicted octanol–water partition coefficient (Wildman–Crippen LogP) is 4.10. The minimum Gasteiger partial charge on any atom is -0.508 e. The fourth-order valence-electron chi connectivity index (χ4n) is 4.13. The zero-order valence-corrected chi connectivity index (χ0v) is 18.2. The van der Waals surface area contributed by atoms with Crippen LogP contribution in [0.1, 0.15) is 29.9 Å². The number of benzene rings is 3. The van der Waals surface area contributed by atoms with Gasteiger partial charge < -0.3 is 25.6 Å². The fraction of sp³-hybridized carbons (Fsp3) is 0.192. The number of hydrogen-bond donors (Lipinski definition) is 4. The van der Waals surface area contributed by atoms with E-state index in [1.165, 1.54) is 12.1 Å². The van der Waals surface area contributed by atoms with E-state index in [9.17, 15) is 19.5 Å². The van der Waals surface area contributed by atoms with E-state index >= 15 is 0 Å². The van der Waals surface area contributed by atoms with Gasteiger partial charge >= 0.3 is 12.1 Å². The Morgan fingerprint density at radius 3 is 2.18 bits per heavy atom. The molecule has 0 aromatic heterocycles. The van der Waals surface area contributed by atoms with E-state index in [1.807, 2.05) is 48.5 Å². The van der Waals surface area contributed by atoms with E-state index in [2.05, 4.69) is 10.6 Å². The van der Waals surface area contributed by atoms with Crippen LogP contribution >= 0.6 is 0 Å². The molecule has 4 rings (SSSR count). The maximum atomic E-state index is 12.7. The summed E-state index contributed by atoms with van der Waals surface area (Å²) in [5.74, 6) is -1.88. The standard InChI is InChI=1S/C26H24N2O6/c29-17-7-5-6-16(14-17)27-25(32)23(12-13-24(30)31)28-26(33)34-15-22-20-10-3-1-8-18(20)19-9-2-4-11-21(19)22/h1-11,14,22-23,29H,12-13,15H2,(H,27,32)(H,28,33)(H,30,31). The average Bonchev–Trinajstić information content (AvgIpc) is 3.14. The lowest BCUT2D eigenvalue weighted by Gasteiger charge is -2.19. The van der Waals surface area contributed by atoms with Crippen molar-refractivity contribution in [2.24, 2.45) is 0 Å². The van der Waals surface area contributed by atoms with Crippen LogP contribution in [-0.2, 0) is 14.3 Å². The van der Waals surface area contributed by atoms with E-state index < -0.39 is 24.0 Å². The molecule has 0 saturated heterocycles. The molecule has 3 aromatic rings. The third kappa shape index (κ3) is 5.17. The highest BCUT2D eigenvalue weighted by Crippen LogP contribution is 2.44. The zero-order valence-electron chi connectivity index (χ0n) is 18.2. The van der Waals surface area contributed by atoms with Gasteiger partial charge in [-0.2, -0.15) is 0 Å². The zero-order chi connectivity index (χ0) is 24.1. The van der Waals surface area contributed by atoms with Gasteiger partial charge in [0.15, 0.2) is 0 Å². The second-order valence-electron chi connectivity index (χ2n) is 7.99. The Kier molecular flexibility index (Phi) is 6.77. The van der Waals surface area contributed by atoms with Crippen LogP contribution in [0.4, 0.5) is 10.5 Å². The Bertz CT molecular complexity index is 1180. The summed E-state index contributed by atoms with van der Waals surface area (Å²) >= 11 is 0. The number of aromatic hydroxyl groups is 1. The molecule has 1 unspecified atom stereocenters. The number of carbonyl (C=O) groups is 3. The highest BCUT2D eigenvalue weighted by molar-refractivity contribution is 5.97. The topological polar surface area (TPSA) is 125 Å². The molecule has 8 heteroatoms.